The standard InChI is InChI=1S/C33H29ClO3S2.C28H19ClO4S2.C16H12O3S/c1-2-3-5-13-27(35)31-26(23-15-17-24(34)18-16-23)21-38-30(31)19-28(36)33-32(25-12-8-9-14-29(25)39-33)37-20-22-10-6-4-7-11-22;29-19-12-10-18(11-13-19)21-16-34-24(25(21)28(31)32)14-22(30)27-26(20-8-4-5-9-23(20)35-27)33-15-17-6-2-1-3-7-17;17-16(18)15-14(12-8-4-5-9-13(12)20-15)19-10-11-6-2-1-3-7-11/h4,6-12,14-18,21H,2-3,5,13,19-20H2,1H3;1-13,16H,14-15H2,(H,31,32);1-9H,10H2,(H,17,18). The van der Waals surface area contributed by atoms with Gasteiger partial charge in [-0.1, -0.05) is 195 Å². The lowest BCUT2D eigenvalue weighted by molar-refractivity contribution is 0.0686. The van der Waals surface area contributed by atoms with Crippen LogP contribution < -0.4 is 14.2 Å². The van der Waals surface area contributed by atoms with Crippen LogP contribution >= 0.6 is 79.9 Å². The van der Waals surface area contributed by atoms with Crippen LogP contribution in [0.4, 0.5) is 0 Å². The average molecular weight is 1380 g/mol. The highest BCUT2D eigenvalue weighted by Crippen LogP contribution is 2.44. The zero-order chi connectivity index (χ0) is 65.5. The average Bonchev–Trinajstić information content (AvgIpc) is 1.66. The summed E-state index contributed by atoms with van der Waals surface area (Å²) in [5.41, 5.74) is 7.00. The van der Waals surface area contributed by atoms with E-state index in [0.29, 0.717) is 79.3 Å². The molecule has 2 N–H and O–H groups in total. The number of carbonyl (C=O) groups is 5. The number of carbonyl (C=O) groups excluding carboxylic acids is 3. The third-order valence-corrected chi connectivity index (χ3v) is 21.2. The van der Waals surface area contributed by atoms with E-state index in [0.717, 1.165) is 87.8 Å². The van der Waals surface area contributed by atoms with E-state index in [9.17, 15) is 34.2 Å². The SMILES string of the molecule is CCCCCC(=O)c1c(-c2ccc(Cl)cc2)csc1CC(=O)c1sc2ccccc2c1OCc1ccccc1.O=C(Cc1scc(-c2ccc(Cl)cc2)c1C(=O)O)c1sc2ccccc2c1OCc1ccccc1.O=C(O)c1sc2ccccc2c1OCc1ccccc1. The third-order valence-electron chi connectivity index (χ3n) is 15.2. The molecule has 0 atom stereocenters. The van der Waals surface area contributed by atoms with E-state index in [1.165, 1.54) is 56.7 Å². The molecular formula is C77H60Cl2O10S5. The molecule has 0 radical (unpaired) electrons. The second kappa shape index (κ2) is 31.7. The normalized spacial score (nSPS) is 11.0. The van der Waals surface area contributed by atoms with E-state index in [4.69, 9.17) is 37.4 Å². The Hall–Kier alpha value is -9.03. The van der Waals surface area contributed by atoms with Crippen LogP contribution in [0.1, 0.15) is 109 Å². The van der Waals surface area contributed by atoms with Crippen LogP contribution in [0.3, 0.4) is 0 Å². The molecule has 0 aliphatic carbocycles. The van der Waals surface area contributed by atoms with Gasteiger partial charge in [0.1, 0.15) is 41.1 Å². The van der Waals surface area contributed by atoms with E-state index >= 15 is 0 Å². The van der Waals surface area contributed by atoms with Gasteiger partial charge in [0.2, 0.25) is 0 Å². The first-order chi connectivity index (χ1) is 45.8. The van der Waals surface area contributed by atoms with E-state index in [2.05, 4.69) is 6.92 Å². The lowest BCUT2D eigenvalue weighted by Gasteiger charge is -2.10. The van der Waals surface area contributed by atoms with E-state index < -0.39 is 11.9 Å². The van der Waals surface area contributed by atoms with Gasteiger partial charge in [-0.25, -0.2) is 9.59 Å². The predicted octanol–water partition coefficient (Wildman–Crippen LogP) is 22.2. The number of halogens is 2. The van der Waals surface area contributed by atoms with Gasteiger partial charge in [0.15, 0.2) is 28.0 Å². The number of carboxylic acid groups (broad SMARTS) is 2. The minimum absolute atomic E-state index is 0.0194. The molecule has 0 fully saturated rings. The fourth-order valence-corrected chi connectivity index (χ4v) is 16.1. The van der Waals surface area contributed by atoms with Crippen molar-refractivity contribution in [2.45, 2.75) is 65.3 Å². The van der Waals surface area contributed by atoms with Crippen molar-refractivity contribution < 1.29 is 48.4 Å². The first kappa shape index (κ1) is 66.4. The summed E-state index contributed by atoms with van der Waals surface area (Å²) in [5, 5.41) is 26.9. The molecule has 0 bridgehead atoms. The molecule has 8 aromatic carbocycles. The van der Waals surface area contributed by atoms with Crippen LogP contribution in [-0.2, 0) is 32.7 Å². The van der Waals surface area contributed by atoms with Gasteiger partial charge in [-0.05, 0) is 106 Å². The van der Waals surface area contributed by atoms with E-state index in [1.54, 1.807) is 29.6 Å². The van der Waals surface area contributed by atoms with Crippen LogP contribution in [0.2, 0.25) is 10.0 Å². The number of hydrogen-bond acceptors (Lipinski definition) is 13. The predicted molar refractivity (Wildman–Crippen MR) is 386 cm³/mol. The molecule has 0 aliphatic heterocycles. The van der Waals surface area contributed by atoms with Crippen molar-refractivity contribution in [2.24, 2.45) is 0 Å². The maximum absolute atomic E-state index is 13.8. The van der Waals surface area contributed by atoms with Gasteiger partial charge in [-0.3, -0.25) is 14.4 Å². The lowest BCUT2D eigenvalue weighted by Crippen LogP contribution is -2.08. The molecule has 0 saturated heterocycles. The number of benzene rings is 8. The number of Topliss-reactive ketones (excluding diaryl/α,β-unsaturated/α-hetero) is 3. The zero-order valence-corrected chi connectivity index (χ0v) is 56.3. The Labute approximate surface area is 573 Å². The Morgan fingerprint density at radius 2 is 0.745 bits per heavy atom. The maximum Gasteiger partial charge on any atom is 0.349 e. The molecule has 13 aromatic rings. The van der Waals surface area contributed by atoms with Crippen molar-refractivity contribution in [3.05, 3.63) is 285 Å². The number of ether oxygens (including phenoxy) is 3. The summed E-state index contributed by atoms with van der Waals surface area (Å²) in [6, 6.07) is 67.2. The van der Waals surface area contributed by atoms with Crippen LogP contribution in [0.5, 0.6) is 17.2 Å². The summed E-state index contributed by atoms with van der Waals surface area (Å²) in [6.07, 6.45) is 3.50. The third kappa shape index (κ3) is 16.1. The van der Waals surface area contributed by atoms with Crippen molar-refractivity contribution >= 4 is 139 Å². The number of hydrogen-bond donors (Lipinski definition) is 2. The Kier molecular flexibility index (Phi) is 22.4. The molecule has 94 heavy (non-hydrogen) atoms. The second-order valence-corrected chi connectivity index (χ2v) is 27.6. The summed E-state index contributed by atoms with van der Waals surface area (Å²) >= 11 is 18.9. The quantitative estimate of drug-likeness (QED) is 0.0441. The first-order valence-corrected chi connectivity index (χ1v) is 35.1. The molecular weight excluding hydrogens is 1320 g/mol. The monoisotopic (exact) mass is 1370 g/mol. The molecule has 0 saturated carbocycles. The van der Waals surface area contributed by atoms with Crippen LogP contribution in [-0.4, -0.2) is 39.5 Å². The molecule has 0 unspecified atom stereocenters. The van der Waals surface area contributed by atoms with Crippen molar-refractivity contribution in [1.82, 2.24) is 0 Å². The zero-order valence-electron chi connectivity index (χ0n) is 50.7. The van der Waals surface area contributed by atoms with Crippen molar-refractivity contribution in [2.75, 3.05) is 0 Å². The van der Waals surface area contributed by atoms with Gasteiger partial charge in [0.25, 0.3) is 0 Å². The Morgan fingerprint density at radius 1 is 0.394 bits per heavy atom. The van der Waals surface area contributed by atoms with Gasteiger partial charge in [0.05, 0.1) is 5.56 Å². The summed E-state index contributed by atoms with van der Waals surface area (Å²) in [7, 11) is 0. The smallest absolute Gasteiger partial charge is 0.349 e. The number of rotatable bonds is 24. The van der Waals surface area contributed by atoms with Gasteiger partial charge >= 0.3 is 11.9 Å². The van der Waals surface area contributed by atoms with Crippen molar-refractivity contribution in [3.63, 3.8) is 0 Å². The van der Waals surface area contributed by atoms with Gasteiger partial charge in [-0.15, -0.1) is 56.7 Å². The molecule has 0 amide bonds. The number of thiophene rings is 5. The number of aromatic carboxylic acids is 2. The topological polar surface area (TPSA) is 154 Å². The summed E-state index contributed by atoms with van der Waals surface area (Å²) in [5.74, 6) is -0.491. The van der Waals surface area contributed by atoms with E-state index in [-0.39, 0.29) is 40.6 Å². The van der Waals surface area contributed by atoms with Gasteiger partial charge < -0.3 is 24.4 Å². The minimum Gasteiger partial charge on any atom is -0.487 e. The fourth-order valence-electron chi connectivity index (χ4n) is 10.6. The Balaban J connectivity index is 0.000000151. The Morgan fingerprint density at radius 3 is 1.13 bits per heavy atom. The first-order valence-electron chi connectivity index (χ1n) is 30.1. The second-order valence-electron chi connectivity index (χ2n) is 21.7. The molecule has 5 aromatic heterocycles. The highest BCUT2D eigenvalue weighted by Gasteiger charge is 2.28. The number of unbranched alkanes of at least 4 members (excludes halogenated alkanes) is 2. The highest BCUT2D eigenvalue weighted by molar-refractivity contribution is 7.22. The van der Waals surface area contributed by atoms with Crippen molar-refractivity contribution in [3.8, 4) is 39.5 Å². The van der Waals surface area contributed by atoms with Crippen LogP contribution in [0.25, 0.3) is 52.5 Å². The fraction of sp³-hybridized carbons (Fsp3) is 0.130. The van der Waals surface area contributed by atoms with E-state index in [1.807, 2.05) is 193 Å². The summed E-state index contributed by atoms with van der Waals surface area (Å²) < 4.78 is 21.1. The molecule has 0 aliphatic rings. The summed E-state index contributed by atoms with van der Waals surface area (Å²) in [6.45, 7) is 3.20. The number of ketones is 3. The maximum atomic E-state index is 13.8. The molecule has 472 valence electrons. The number of fused-ring (bicyclic) bond motifs is 3. The number of carboxylic acids is 2. The summed E-state index contributed by atoms with van der Waals surface area (Å²) in [4.78, 5) is 67.0. The van der Waals surface area contributed by atoms with Crippen LogP contribution in [0, 0.1) is 0 Å². The largest absolute Gasteiger partial charge is 0.487 e. The molecule has 10 nitrogen and oxygen atoms in total. The molecule has 13 rings (SSSR count). The van der Waals surface area contributed by atoms with Crippen LogP contribution in [0.15, 0.2) is 223 Å². The van der Waals surface area contributed by atoms with Gasteiger partial charge in [0, 0.05) is 86.0 Å². The highest BCUT2D eigenvalue weighted by atomic mass is 35.5. The Bertz CT molecular complexity index is 4780. The van der Waals surface area contributed by atoms with Crippen molar-refractivity contribution in [1.29, 1.82) is 0 Å². The lowest BCUT2D eigenvalue weighted by atomic mass is 9.95. The van der Waals surface area contributed by atoms with Gasteiger partial charge in [-0.2, -0.15) is 0 Å². The molecule has 0 spiro atoms. The minimum atomic E-state index is -1.06. The molecule has 5 heterocycles. The molecule has 17 heteroatoms.